The second kappa shape index (κ2) is 11.3. The highest BCUT2D eigenvalue weighted by Gasteiger charge is 2.27. The van der Waals surface area contributed by atoms with Gasteiger partial charge >= 0.3 is 6.09 Å². The van der Waals surface area contributed by atoms with Crippen LogP contribution in [0.15, 0.2) is 42.5 Å². The number of nitrogens with one attached hydrogen (secondary N) is 2. The van der Waals surface area contributed by atoms with Gasteiger partial charge in [0.25, 0.3) is 0 Å². The summed E-state index contributed by atoms with van der Waals surface area (Å²) < 4.78 is 13.2. The molecule has 11 nitrogen and oxygen atoms in total. The van der Waals surface area contributed by atoms with Gasteiger partial charge in [0.2, 0.25) is 0 Å². The Morgan fingerprint density at radius 1 is 1.15 bits per heavy atom. The summed E-state index contributed by atoms with van der Waals surface area (Å²) in [5.41, 5.74) is 10.8. The first-order valence-corrected chi connectivity index (χ1v) is 13.2. The molecule has 0 atom stereocenters. The van der Waals surface area contributed by atoms with E-state index >= 15 is 0 Å². The second-order valence-electron chi connectivity index (χ2n) is 9.51. The van der Waals surface area contributed by atoms with Gasteiger partial charge < -0.3 is 25.1 Å². The minimum Gasteiger partial charge on any atom is -0.405 e. The van der Waals surface area contributed by atoms with Gasteiger partial charge in [0.05, 0.1) is 24.2 Å². The number of aryl methyl sites for hydroxylation is 1. The Labute approximate surface area is 227 Å². The van der Waals surface area contributed by atoms with Crippen LogP contribution in [0.4, 0.5) is 4.79 Å². The maximum Gasteiger partial charge on any atom is 0.415 e. The number of ether oxygens (including phenoxy) is 2. The van der Waals surface area contributed by atoms with Crippen molar-refractivity contribution in [2.75, 3.05) is 39.4 Å². The van der Waals surface area contributed by atoms with Crippen LogP contribution in [0.3, 0.4) is 0 Å². The Hall–Kier alpha value is -4.22. The summed E-state index contributed by atoms with van der Waals surface area (Å²) in [6.45, 7) is 9.07. The lowest BCUT2D eigenvalue weighted by Crippen LogP contribution is -2.35. The molecule has 3 heterocycles. The first-order chi connectivity index (χ1) is 18.9. The molecule has 11 heteroatoms. The monoisotopic (exact) mass is 530 g/mol. The first-order valence-electron chi connectivity index (χ1n) is 13.2. The van der Waals surface area contributed by atoms with Crippen LogP contribution >= 0.6 is 0 Å². The van der Waals surface area contributed by atoms with Crippen LogP contribution in [0, 0.1) is 5.41 Å². The van der Waals surface area contributed by atoms with Gasteiger partial charge in [-0.05, 0) is 37.6 Å². The van der Waals surface area contributed by atoms with Crippen LogP contribution < -0.4 is 10.5 Å². The molecule has 0 spiro atoms. The van der Waals surface area contributed by atoms with Crippen LogP contribution in [0.2, 0.25) is 0 Å². The zero-order chi connectivity index (χ0) is 27.5. The smallest absolute Gasteiger partial charge is 0.405 e. The lowest BCUT2D eigenvalue weighted by atomic mass is 10.1. The number of hydrogen-bond acceptors (Lipinski definition) is 7. The third kappa shape index (κ3) is 5.50. The normalized spacial score (nSPS) is 14.0. The Morgan fingerprint density at radius 2 is 1.87 bits per heavy atom. The molecule has 39 heavy (non-hydrogen) atoms. The van der Waals surface area contributed by atoms with E-state index in [0.717, 1.165) is 43.9 Å². The van der Waals surface area contributed by atoms with Crippen LogP contribution in [0.1, 0.15) is 25.0 Å². The number of rotatable bonds is 8. The maximum atomic E-state index is 13.1. The van der Waals surface area contributed by atoms with Crippen LogP contribution in [-0.2, 0) is 18.3 Å². The van der Waals surface area contributed by atoms with Gasteiger partial charge in [-0.2, -0.15) is 5.10 Å². The number of carbonyl (C=O) groups is 1. The highest BCUT2D eigenvalue weighted by molar-refractivity contribution is 5.98. The zero-order valence-electron chi connectivity index (χ0n) is 22.5. The summed E-state index contributed by atoms with van der Waals surface area (Å²) in [6, 6.07) is 13.5. The van der Waals surface area contributed by atoms with E-state index in [-0.39, 0.29) is 5.84 Å². The van der Waals surface area contributed by atoms with Crippen molar-refractivity contribution in [3.63, 3.8) is 0 Å². The fourth-order valence-corrected chi connectivity index (χ4v) is 4.76. The number of nitrogens with zero attached hydrogens (tertiary/aromatic N) is 5. The van der Waals surface area contributed by atoms with Crippen LogP contribution in [0.5, 0.6) is 5.75 Å². The molecule has 0 bridgehead atoms. The number of benzene rings is 2. The van der Waals surface area contributed by atoms with Crippen LogP contribution in [0.25, 0.3) is 33.8 Å². The molecule has 2 aromatic carbocycles. The highest BCUT2D eigenvalue weighted by Crippen LogP contribution is 2.39. The van der Waals surface area contributed by atoms with E-state index in [2.05, 4.69) is 22.0 Å². The van der Waals surface area contributed by atoms with E-state index in [1.807, 2.05) is 32.0 Å². The SMILES string of the molecule is CCN(CC)C(=O)Oc1c(-c2ccc(CN3CCOCC3)cc2)nn(C)c1-c1nc2cc(C(=N)N)ccc2[nH]1. The lowest BCUT2D eigenvalue weighted by Gasteiger charge is -2.26. The molecule has 1 saturated heterocycles. The highest BCUT2D eigenvalue weighted by atomic mass is 16.6. The number of amidine groups is 1. The Morgan fingerprint density at radius 3 is 2.54 bits per heavy atom. The molecular weight excluding hydrogens is 496 g/mol. The number of amides is 1. The summed E-state index contributed by atoms with van der Waals surface area (Å²) >= 11 is 0. The van der Waals surface area contributed by atoms with E-state index in [1.54, 1.807) is 28.8 Å². The summed E-state index contributed by atoms with van der Waals surface area (Å²) in [6.07, 6.45) is -0.450. The van der Waals surface area contributed by atoms with Crippen molar-refractivity contribution in [2.45, 2.75) is 20.4 Å². The van der Waals surface area contributed by atoms with Crippen LogP contribution in [-0.4, -0.2) is 80.9 Å². The molecule has 0 saturated carbocycles. The summed E-state index contributed by atoms with van der Waals surface area (Å²) in [5, 5.41) is 12.5. The fourth-order valence-electron chi connectivity index (χ4n) is 4.76. The molecule has 4 aromatic rings. The molecule has 1 fully saturated rings. The molecule has 1 amide bonds. The molecular formula is C28H34N8O3. The predicted octanol–water partition coefficient (Wildman–Crippen LogP) is 3.59. The number of morpholine rings is 1. The number of carbonyl (C=O) groups excluding carboxylic acids is 1. The number of imidazole rings is 1. The van der Waals surface area contributed by atoms with E-state index in [4.69, 9.17) is 30.7 Å². The average molecular weight is 531 g/mol. The second-order valence-corrected chi connectivity index (χ2v) is 9.51. The number of fused-ring (bicyclic) bond motifs is 1. The zero-order valence-corrected chi connectivity index (χ0v) is 22.5. The fraction of sp³-hybridized carbons (Fsp3) is 0.357. The quantitative estimate of drug-likeness (QED) is 0.234. The number of aromatic nitrogens is 4. The van der Waals surface area contributed by atoms with Crippen molar-refractivity contribution in [1.82, 2.24) is 29.5 Å². The number of hydrogen-bond donors (Lipinski definition) is 3. The minimum absolute atomic E-state index is 0.0322. The van der Waals surface area contributed by atoms with Crippen molar-refractivity contribution in [2.24, 2.45) is 12.8 Å². The molecule has 0 unspecified atom stereocenters. The van der Waals surface area contributed by atoms with Gasteiger partial charge in [-0.25, -0.2) is 9.78 Å². The molecule has 5 rings (SSSR count). The van der Waals surface area contributed by atoms with Crippen molar-refractivity contribution < 1.29 is 14.3 Å². The number of aromatic amines is 1. The van der Waals surface area contributed by atoms with E-state index < -0.39 is 6.09 Å². The summed E-state index contributed by atoms with van der Waals surface area (Å²) in [7, 11) is 1.80. The van der Waals surface area contributed by atoms with Crippen molar-refractivity contribution in [1.29, 1.82) is 5.41 Å². The molecule has 204 valence electrons. The van der Waals surface area contributed by atoms with E-state index in [1.165, 1.54) is 5.56 Å². The number of nitrogens with two attached hydrogens (primary N) is 1. The largest absolute Gasteiger partial charge is 0.415 e. The van der Waals surface area contributed by atoms with Crippen molar-refractivity contribution >= 4 is 23.0 Å². The van der Waals surface area contributed by atoms with E-state index in [9.17, 15) is 4.79 Å². The summed E-state index contributed by atoms with van der Waals surface area (Å²) in [5.74, 6) is 0.801. The Bertz CT molecular complexity index is 1480. The lowest BCUT2D eigenvalue weighted by molar-refractivity contribution is 0.0342. The minimum atomic E-state index is -0.450. The molecule has 0 aliphatic carbocycles. The Kier molecular flexibility index (Phi) is 7.62. The molecule has 0 radical (unpaired) electrons. The molecule has 2 aromatic heterocycles. The number of nitrogen functional groups attached to an aromatic ring is 1. The average Bonchev–Trinajstić information content (AvgIpc) is 3.50. The van der Waals surface area contributed by atoms with Gasteiger partial charge in [0.15, 0.2) is 11.6 Å². The Balaban J connectivity index is 1.54. The predicted molar refractivity (Wildman–Crippen MR) is 150 cm³/mol. The molecule has 1 aliphatic heterocycles. The number of H-pyrrole nitrogens is 1. The van der Waals surface area contributed by atoms with Gasteiger partial charge in [0, 0.05) is 50.9 Å². The van der Waals surface area contributed by atoms with Crippen molar-refractivity contribution in [3.05, 3.63) is 53.6 Å². The third-order valence-corrected chi connectivity index (χ3v) is 6.97. The maximum absolute atomic E-state index is 13.1. The standard InChI is InChI=1S/C28H34N8O3/c1-4-36(5-2)28(37)39-25-23(19-8-6-18(7-9-19)17-35-12-14-38-15-13-35)33-34(3)24(25)27-31-21-11-10-20(26(29)30)16-22(21)32-27/h6-11,16H,4-5,12-15,17H2,1-3H3,(H3,29,30)(H,31,32). The van der Waals surface area contributed by atoms with Crippen molar-refractivity contribution in [3.8, 4) is 28.5 Å². The first kappa shape index (κ1) is 26.4. The van der Waals surface area contributed by atoms with Gasteiger partial charge in [-0.15, -0.1) is 0 Å². The summed E-state index contributed by atoms with van der Waals surface area (Å²) in [4.78, 5) is 25.1. The van der Waals surface area contributed by atoms with Gasteiger partial charge in [-0.1, -0.05) is 24.3 Å². The van der Waals surface area contributed by atoms with E-state index in [0.29, 0.717) is 47.1 Å². The topological polar surface area (TPSA) is 138 Å². The van der Waals surface area contributed by atoms with Gasteiger partial charge in [-0.3, -0.25) is 15.0 Å². The molecule has 4 N–H and O–H groups in total. The third-order valence-electron chi connectivity index (χ3n) is 6.97. The van der Waals surface area contributed by atoms with Gasteiger partial charge in [0.1, 0.15) is 17.2 Å². The molecule has 1 aliphatic rings.